The number of nitrogens with one attached hydrogen (secondary N) is 2. The number of nitrogens with two attached hydrogens (primary N) is 1. The van der Waals surface area contributed by atoms with E-state index in [0.29, 0.717) is 30.6 Å². The molecule has 0 bridgehead atoms. The first-order chi connectivity index (χ1) is 19.8. The van der Waals surface area contributed by atoms with Gasteiger partial charge < -0.3 is 26.4 Å². The number of hydrogen-bond donors (Lipinski definition) is 4. The van der Waals surface area contributed by atoms with E-state index >= 15 is 0 Å². The maximum absolute atomic E-state index is 13.5. The number of hydrogen-bond acceptors (Lipinski definition) is 11. The van der Waals surface area contributed by atoms with Crippen molar-refractivity contribution in [3.63, 3.8) is 0 Å². The Hall–Kier alpha value is -4.43. The monoisotopic (exact) mass is 575 g/mol. The lowest BCUT2D eigenvalue weighted by molar-refractivity contribution is -0.124. The largest absolute Gasteiger partial charge is 0.394 e. The molecule has 0 unspecified atom stereocenters. The molecule has 4 aromatic heterocycles. The summed E-state index contributed by atoms with van der Waals surface area (Å²) in [7, 11) is 0. The highest BCUT2D eigenvalue weighted by Crippen LogP contribution is 2.34. The topological polar surface area (TPSA) is 181 Å². The Labute approximate surface area is 238 Å². The molecule has 2 aliphatic heterocycles. The fourth-order valence-electron chi connectivity index (χ4n) is 5.46. The molecule has 5 N–H and O–H groups in total. The molecule has 1 saturated heterocycles. The van der Waals surface area contributed by atoms with Gasteiger partial charge in [0.05, 0.1) is 31.0 Å². The van der Waals surface area contributed by atoms with Gasteiger partial charge in [-0.05, 0) is 31.4 Å². The van der Waals surface area contributed by atoms with Crippen LogP contribution in [-0.2, 0) is 11.3 Å². The smallest absolute Gasteiger partial charge is 0.278 e. The van der Waals surface area contributed by atoms with Gasteiger partial charge in [-0.3, -0.25) is 19.0 Å². The molecule has 1 fully saturated rings. The molecule has 6 heterocycles. The molecule has 0 saturated carbocycles. The average molecular weight is 576 g/mol. The van der Waals surface area contributed by atoms with Crippen molar-refractivity contribution in [3.8, 4) is 0 Å². The molecule has 3 atom stereocenters. The molecule has 0 spiro atoms. The highest BCUT2D eigenvalue weighted by Gasteiger charge is 2.36. The summed E-state index contributed by atoms with van der Waals surface area (Å²) in [5, 5.41) is 16.0. The van der Waals surface area contributed by atoms with Gasteiger partial charge in [0.1, 0.15) is 23.4 Å². The van der Waals surface area contributed by atoms with Gasteiger partial charge in [-0.15, -0.1) is 11.3 Å². The third kappa shape index (κ3) is 5.11. The fraction of sp³-hybridized carbons (Fsp3) is 0.370. The standard InChI is InChI=1S/C27H29N9O4S/c1-14-5-20(25(39)31-11-18-6-15-8-29-22(28)7-21(15)41-18)36-23(14)30-12-19(26(36)40)34-24(38)16-9-32-27(33-10-16)35-4-2-3-17(35)13-37/h6-10,12,14,17,20,37H,2-5,11,13H2,1H3,(H2,28,29)(H,31,39)(H,34,38)/t14-,17+,20+/m1/s1. The molecule has 2 aliphatic rings. The summed E-state index contributed by atoms with van der Waals surface area (Å²) in [6.07, 6.45) is 8.00. The van der Waals surface area contributed by atoms with E-state index in [1.54, 1.807) is 12.3 Å². The van der Waals surface area contributed by atoms with Gasteiger partial charge in [0.2, 0.25) is 11.9 Å². The van der Waals surface area contributed by atoms with E-state index < -0.39 is 17.5 Å². The quantitative estimate of drug-likeness (QED) is 0.254. The van der Waals surface area contributed by atoms with Crippen molar-refractivity contribution < 1.29 is 14.7 Å². The minimum absolute atomic E-state index is 0.0108. The number of carbonyl (C=O) groups excluding carboxylic acids is 2. The summed E-state index contributed by atoms with van der Waals surface area (Å²) < 4.78 is 2.35. The molecule has 14 heteroatoms. The zero-order chi connectivity index (χ0) is 28.7. The summed E-state index contributed by atoms with van der Waals surface area (Å²) in [6.45, 7) is 2.95. The zero-order valence-corrected chi connectivity index (χ0v) is 23.1. The first kappa shape index (κ1) is 26.8. The Morgan fingerprint density at radius 2 is 1.95 bits per heavy atom. The molecule has 2 amide bonds. The van der Waals surface area contributed by atoms with Crippen molar-refractivity contribution in [3.05, 3.63) is 63.5 Å². The third-order valence-corrected chi connectivity index (χ3v) is 8.66. The summed E-state index contributed by atoms with van der Waals surface area (Å²) in [5.41, 5.74) is 5.40. The Morgan fingerprint density at radius 3 is 2.73 bits per heavy atom. The molecule has 6 rings (SSSR count). The lowest BCUT2D eigenvalue weighted by atomic mass is 10.1. The van der Waals surface area contributed by atoms with Gasteiger partial charge in [-0.1, -0.05) is 6.92 Å². The SMILES string of the molecule is C[C@@H]1C[C@@H](C(=O)NCc2cc3cnc(N)cc3s2)n2c1ncc(NC(=O)c1cnc(N3CCC[C@H]3CO)nc1)c2=O. The van der Waals surface area contributed by atoms with E-state index in [0.717, 1.165) is 34.3 Å². The average Bonchev–Trinajstić information content (AvgIpc) is 3.70. The molecule has 212 valence electrons. The second kappa shape index (κ2) is 10.9. The van der Waals surface area contributed by atoms with Crippen molar-refractivity contribution >= 4 is 50.7 Å². The molecule has 0 radical (unpaired) electrons. The molecule has 13 nitrogen and oxygen atoms in total. The Bertz CT molecular complexity index is 1690. The number of rotatable bonds is 7. The predicted octanol–water partition coefficient (Wildman–Crippen LogP) is 1.80. The summed E-state index contributed by atoms with van der Waals surface area (Å²) in [4.78, 5) is 59.6. The van der Waals surface area contributed by atoms with Crippen LogP contribution in [0, 0.1) is 0 Å². The predicted molar refractivity (Wildman–Crippen MR) is 154 cm³/mol. The number of aliphatic hydroxyl groups excluding tert-OH is 1. The van der Waals surface area contributed by atoms with Gasteiger partial charge >= 0.3 is 0 Å². The van der Waals surface area contributed by atoms with Gasteiger partial charge in [0, 0.05) is 46.0 Å². The Morgan fingerprint density at radius 1 is 1.15 bits per heavy atom. The number of fused-ring (bicyclic) bond motifs is 2. The number of anilines is 3. The van der Waals surface area contributed by atoms with Crippen molar-refractivity contribution in [1.82, 2.24) is 29.8 Å². The van der Waals surface area contributed by atoms with Crippen molar-refractivity contribution in [2.45, 2.75) is 50.7 Å². The highest BCUT2D eigenvalue weighted by atomic mass is 32.1. The number of thiophene rings is 1. The number of carbonyl (C=O) groups is 2. The lowest BCUT2D eigenvalue weighted by Gasteiger charge is -2.22. The van der Waals surface area contributed by atoms with Crippen LogP contribution in [0.3, 0.4) is 0 Å². The summed E-state index contributed by atoms with van der Waals surface area (Å²) >= 11 is 1.51. The Kier molecular flexibility index (Phi) is 7.09. The van der Waals surface area contributed by atoms with E-state index in [-0.39, 0.29) is 35.7 Å². The van der Waals surface area contributed by atoms with Gasteiger partial charge in [0.15, 0.2) is 0 Å². The minimum Gasteiger partial charge on any atom is -0.394 e. The van der Waals surface area contributed by atoms with Gasteiger partial charge in [-0.2, -0.15) is 0 Å². The third-order valence-electron chi connectivity index (χ3n) is 7.56. The van der Waals surface area contributed by atoms with Crippen molar-refractivity contribution in [1.29, 1.82) is 0 Å². The summed E-state index contributed by atoms with van der Waals surface area (Å²) in [5.74, 6) is 0.387. The first-order valence-corrected chi connectivity index (χ1v) is 14.2. The van der Waals surface area contributed by atoms with Crippen LogP contribution in [0.15, 0.2) is 41.7 Å². The number of nitrogens with zero attached hydrogens (tertiary/aromatic N) is 6. The van der Waals surface area contributed by atoms with Gasteiger partial charge in [0.25, 0.3) is 11.5 Å². The number of aromatic nitrogens is 5. The van der Waals surface area contributed by atoms with Gasteiger partial charge in [-0.25, -0.2) is 19.9 Å². The summed E-state index contributed by atoms with van der Waals surface area (Å²) in [6, 6.07) is 2.94. The molecule has 4 aromatic rings. The van der Waals surface area contributed by atoms with E-state index in [4.69, 9.17) is 5.73 Å². The fourth-order valence-corrected chi connectivity index (χ4v) is 6.48. The number of pyridine rings is 1. The zero-order valence-electron chi connectivity index (χ0n) is 22.3. The highest BCUT2D eigenvalue weighted by molar-refractivity contribution is 7.19. The normalized spacial score (nSPS) is 19.9. The van der Waals surface area contributed by atoms with Crippen LogP contribution in [0.1, 0.15) is 59.2 Å². The Balaban J connectivity index is 1.16. The number of nitrogen functional groups attached to an aromatic ring is 1. The van der Waals surface area contributed by atoms with Crippen LogP contribution in [0.5, 0.6) is 0 Å². The number of amides is 2. The van der Waals surface area contributed by atoms with Crippen LogP contribution in [0.25, 0.3) is 10.1 Å². The van der Waals surface area contributed by atoms with E-state index in [9.17, 15) is 19.5 Å². The minimum atomic E-state index is -0.758. The van der Waals surface area contributed by atoms with Crippen molar-refractivity contribution in [2.75, 3.05) is 29.1 Å². The molecular formula is C27H29N9O4S. The second-order valence-corrected chi connectivity index (χ2v) is 11.5. The lowest BCUT2D eigenvalue weighted by Crippen LogP contribution is -2.36. The maximum Gasteiger partial charge on any atom is 0.278 e. The molecule has 41 heavy (non-hydrogen) atoms. The van der Waals surface area contributed by atoms with Crippen LogP contribution in [-0.4, -0.2) is 60.6 Å². The van der Waals surface area contributed by atoms with E-state index in [1.807, 2.05) is 17.9 Å². The molecule has 0 aliphatic carbocycles. The van der Waals surface area contributed by atoms with E-state index in [1.165, 1.54) is 34.5 Å². The van der Waals surface area contributed by atoms with Crippen LogP contribution >= 0.6 is 11.3 Å². The van der Waals surface area contributed by atoms with Crippen LogP contribution in [0.4, 0.5) is 17.5 Å². The molecular weight excluding hydrogens is 546 g/mol. The van der Waals surface area contributed by atoms with E-state index in [2.05, 4.69) is 30.6 Å². The van der Waals surface area contributed by atoms with Crippen LogP contribution in [0.2, 0.25) is 0 Å². The first-order valence-electron chi connectivity index (χ1n) is 13.4. The number of aliphatic hydroxyl groups is 1. The maximum atomic E-state index is 13.5. The second-order valence-electron chi connectivity index (χ2n) is 10.3. The molecule has 0 aromatic carbocycles. The van der Waals surface area contributed by atoms with Crippen LogP contribution < -0.4 is 26.8 Å². The van der Waals surface area contributed by atoms with Crippen molar-refractivity contribution in [2.24, 2.45) is 0 Å².